The van der Waals surface area contributed by atoms with Gasteiger partial charge >= 0.3 is 0 Å². The lowest BCUT2D eigenvalue weighted by molar-refractivity contribution is 0.0728. The Balaban J connectivity index is 1.84. The molecule has 0 bridgehead atoms. The number of pyridine rings is 1. The van der Waals surface area contributed by atoms with Crippen molar-refractivity contribution >= 4 is 5.91 Å². The average Bonchev–Trinajstić information content (AvgIpc) is 3.35. The van der Waals surface area contributed by atoms with Crippen LogP contribution in [0.2, 0.25) is 0 Å². The molecule has 2 N–H and O–H groups in total. The number of amides is 1. The van der Waals surface area contributed by atoms with Crippen LogP contribution in [0.15, 0.2) is 18.3 Å². The Bertz CT molecular complexity index is 565. The predicted molar refractivity (Wildman–Crippen MR) is 77.0 cm³/mol. The van der Waals surface area contributed by atoms with Crippen LogP contribution in [-0.2, 0) is 0 Å². The Labute approximate surface area is 119 Å². The fourth-order valence-electron chi connectivity index (χ4n) is 2.32. The third-order valence-electron chi connectivity index (χ3n) is 3.74. The van der Waals surface area contributed by atoms with E-state index in [-0.39, 0.29) is 12.5 Å². The van der Waals surface area contributed by atoms with E-state index in [9.17, 15) is 4.79 Å². The molecule has 1 heterocycles. The standard InChI is InChI=1S/C16H19N3O/c17-9-1-3-13-4-2-10-18-15(13)16(20)19(14-7-8-14)11-12-5-6-12/h2,4,10,12,14H,5-9,11,17H2. The lowest BCUT2D eigenvalue weighted by atomic mass is 10.1. The number of nitrogens with two attached hydrogens (primary N) is 1. The topological polar surface area (TPSA) is 59.2 Å². The van der Waals surface area contributed by atoms with Gasteiger partial charge in [-0.15, -0.1) is 0 Å². The van der Waals surface area contributed by atoms with E-state index in [1.54, 1.807) is 12.3 Å². The number of hydrogen-bond donors (Lipinski definition) is 1. The van der Waals surface area contributed by atoms with Crippen LogP contribution >= 0.6 is 0 Å². The minimum absolute atomic E-state index is 0.0290. The minimum atomic E-state index is 0.0290. The van der Waals surface area contributed by atoms with Gasteiger partial charge < -0.3 is 10.6 Å². The summed E-state index contributed by atoms with van der Waals surface area (Å²) in [7, 11) is 0. The van der Waals surface area contributed by atoms with Crippen molar-refractivity contribution in [3.8, 4) is 11.8 Å². The summed E-state index contributed by atoms with van der Waals surface area (Å²) in [5.41, 5.74) is 6.56. The molecule has 0 saturated heterocycles. The smallest absolute Gasteiger partial charge is 0.274 e. The Morgan fingerprint density at radius 3 is 2.85 bits per heavy atom. The molecule has 0 atom stereocenters. The SMILES string of the molecule is NCC#Cc1cccnc1C(=O)N(CC1CC1)C1CC1. The Kier molecular flexibility index (Phi) is 3.70. The molecule has 0 radical (unpaired) electrons. The molecule has 0 aliphatic heterocycles. The van der Waals surface area contributed by atoms with E-state index in [0.29, 0.717) is 23.2 Å². The van der Waals surface area contributed by atoms with Gasteiger partial charge in [0.15, 0.2) is 0 Å². The summed E-state index contributed by atoms with van der Waals surface area (Å²) >= 11 is 0. The summed E-state index contributed by atoms with van der Waals surface area (Å²) in [5, 5.41) is 0. The molecule has 0 unspecified atom stereocenters. The van der Waals surface area contributed by atoms with Crippen molar-refractivity contribution in [3.05, 3.63) is 29.6 Å². The van der Waals surface area contributed by atoms with E-state index in [0.717, 1.165) is 19.4 Å². The highest BCUT2D eigenvalue weighted by molar-refractivity contribution is 5.95. The largest absolute Gasteiger partial charge is 0.334 e. The van der Waals surface area contributed by atoms with E-state index in [2.05, 4.69) is 16.8 Å². The van der Waals surface area contributed by atoms with Crippen molar-refractivity contribution in [1.29, 1.82) is 0 Å². The van der Waals surface area contributed by atoms with E-state index in [1.165, 1.54) is 12.8 Å². The molecule has 2 fully saturated rings. The first-order chi connectivity index (χ1) is 9.79. The highest BCUT2D eigenvalue weighted by Gasteiger charge is 2.37. The maximum Gasteiger partial charge on any atom is 0.274 e. The Morgan fingerprint density at radius 2 is 2.20 bits per heavy atom. The maximum absolute atomic E-state index is 12.7. The van der Waals surface area contributed by atoms with Gasteiger partial charge in [0.2, 0.25) is 0 Å². The zero-order valence-electron chi connectivity index (χ0n) is 11.5. The van der Waals surface area contributed by atoms with Crippen LogP contribution in [0.1, 0.15) is 41.7 Å². The zero-order valence-corrected chi connectivity index (χ0v) is 11.5. The summed E-state index contributed by atoms with van der Waals surface area (Å²) in [6, 6.07) is 4.06. The predicted octanol–water partition coefficient (Wildman–Crippen LogP) is 1.41. The van der Waals surface area contributed by atoms with E-state index in [4.69, 9.17) is 5.73 Å². The highest BCUT2D eigenvalue weighted by atomic mass is 16.2. The molecular weight excluding hydrogens is 250 g/mol. The summed E-state index contributed by atoms with van der Waals surface area (Å²) in [5.74, 6) is 6.48. The van der Waals surface area contributed by atoms with Crippen molar-refractivity contribution in [3.63, 3.8) is 0 Å². The molecule has 2 aliphatic carbocycles. The van der Waals surface area contributed by atoms with Gasteiger partial charge in [-0.25, -0.2) is 4.98 Å². The maximum atomic E-state index is 12.7. The molecule has 20 heavy (non-hydrogen) atoms. The molecule has 2 aliphatic rings. The van der Waals surface area contributed by atoms with Crippen molar-refractivity contribution in [1.82, 2.24) is 9.88 Å². The second-order valence-corrected chi connectivity index (χ2v) is 5.54. The van der Waals surface area contributed by atoms with Gasteiger partial charge in [0.05, 0.1) is 12.1 Å². The van der Waals surface area contributed by atoms with Crippen LogP contribution in [-0.4, -0.2) is 34.9 Å². The fourth-order valence-corrected chi connectivity index (χ4v) is 2.32. The molecule has 4 heteroatoms. The lowest BCUT2D eigenvalue weighted by Gasteiger charge is -2.22. The first-order valence-corrected chi connectivity index (χ1v) is 7.24. The molecule has 104 valence electrons. The van der Waals surface area contributed by atoms with Gasteiger partial charge in [-0.3, -0.25) is 4.79 Å². The number of carbonyl (C=O) groups excluding carboxylic acids is 1. The third-order valence-corrected chi connectivity index (χ3v) is 3.74. The number of aromatic nitrogens is 1. The number of rotatable bonds is 4. The summed E-state index contributed by atoms with van der Waals surface area (Å²) < 4.78 is 0. The second kappa shape index (κ2) is 5.64. The molecular formula is C16H19N3O. The molecule has 2 saturated carbocycles. The van der Waals surface area contributed by atoms with Gasteiger partial charge in [0, 0.05) is 18.8 Å². The molecule has 3 rings (SSSR count). The number of hydrogen-bond acceptors (Lipinski definition) is 3. The first-order valence-electron chi connectivity index (χ1n) is 7.24. The molecule has 0 spiro atoms. The minimum Gasteiger partial charge on any atom is -0.334 e. The highest BCUT2D eigenvalue weighted by Crippen LogP contribution is 2.35. The van der Waals surface area contributed by atoms with Crippen LogP contribution in [0.5, 0.6) is 0 Å². The van der Waals surface area contributed by atoms with Crippen molar-refractivity contribution in [2.24, 2.45) is 11.7 Å². The molecule has 1 aromatic heterocycles. The van der Waals surface area contributed by atoms with Gasteiger partial charge in [-0.05, 0) is 43.7 Å². The number of carbonyl (C=O) groups is 1. The van der Waals surface area contributed by atoms with E-state index in [1.807, 2.05) is 11.0 Å². The van der Waals surface area contributed by atoms with E-state index >= 15 is 0 Å². The van der Waals surface area contributed by atoms with Crippen LogP contribution < -0.4 is 5.73 Å². The zero-order chi connectivity index (χ0) is 13.9. The average molecular weight is 269 g/mol. The number of nitrogens with zero attached hydrogens (tertiary/aromatic N) is 2. The van der Waals surface area contributed by atoms with Crippen molar-refractivity contribution in [2.75, 3.05) is 13.1 Å². The van der Waals surface area contributed by atoms with Crippen LogP contribution in [0, 0.1) is 17.8 Å². The van der Waals surface area contributed by atoms with Gasteiger partial charge in [-0.1, -0.05) is 11.8 Å². The van der Waals surface area contributed by atoms with E-state index < -0.39 is 0 Å². The van der Waals surface area contributed by atoms with Crippen molar-refractivity contribution < 1.29 is 4.79 Å². The fraction of sp³-hybridized carbons (Fsp3) is 0.500. The lowest BCUT2D eigenvalue weighted by Crippen LogP contribution is -2.35. The summed E-state index contributed by atoms with van der Waals surface area (Å²) in [6.45, 7) is 1.17. The van der Waals surface area contributed by atoms with Gasteiger partial charge in [0.1, 0.15) is 5.69 Å². The van der Waals surface area contributed by atoms with Crippen LogP contribution in [0.4, 0.5) is 0 Å². The van der Waals surface area contributed by atoms with Crippen LogP contribution in [0.25, 0.3) is 0 Å². The summed E-state index contributed by atoms with van der Waals surface area (Å²) in [4.78, 5) is 19.0. The monoisotopic (exact) mass is 269 g/mol. The summed E-state index contributed by atoms with van der Waals surface area (Å²) in [6.07, 6.45) is 6.39. The first kappa shape index (κ1) is 13.1. The molecule has 1 aromatic rings. The quantitative estimate of drug-likeness (QED) is 0.841. The Morgan fingerprint density at radius 1 is 1.40 bits per heavy atom. The molecule has 4 nitrogen and oxygen atoms in total. The third kappa shape index (κ3) is 3.00. The van der Waals surface area contributed by atoms with Crippen LogP contribution in [0.3, 0.4) is 0 Å². The second-order valence-electron chi connectivity index (χ2n) is 5.54. The Hall–Kier alpha value is -1.86. The van der Waals surface area contributed by atoms with Crippen molar-refractivity contribution in [2.45, 2.75) is 31.7 Å². The molecule has 0 aromatic carbocycles. The van der Waals surface area contributed by atoms with Gasteiger partial charge in [0.25, 0.3) is 5.91 Å². The normalized spacial score (nSPS) is 17.2. The van der Waals surface area contributed by atoms with Gasteiger partial charge in [-0.2, -0.15) is 0 Å². The molecule has 1 amide bonds.